The van der Waals surface area contributed by atoms with E-state index in [9.17, 15) is 0 Å². The van der Waals surface area contributed by atoms with Crippen LogP contribution in [-0.4, -0.2) is 28.2 Å². The molecule has 0 saturated carbocycles. The molecule has 0 atom stereocenters. The van der Waals surface area contributed by atoms with Gasteiger partial charge in [-0.2, -0.15) is 4.98 Å². The lowest BCUT2D eigenvalue weighted by atomic mass is 10.2. The summed E-state index contributed by atoms with van der Waals surface area (Å²) in [5, 5.41) is 7.60. The van der Waals surface area contributed by atoms with Crippen LogP contribution in [0.2, 0.25) is 0 Å². The number of hydrogen-bond acceptors (Lipinski definition) is 7. The number of nitrogens with one attached hydrogen (secondary N) is 2. The minimum atomic E-state index is 0.481. The van der Waals surface area contributed by atoms with Crippen molar-refractivity contribution in [2.24, 2.45) is 0 Å². The lowest BCUT2D eigenvalue weighted by Crippen LogP contribution is -2.02. The van der Waals surface area contributed by atoms with Crippen LogP contribution in [0, 0.1) is 0 Å². The number of fused-ring (bicyclic) bond motifs is 1. The maximum atomic E-state index is 5.68. The highest BCUT2D eigenvalue weighted by molar-refractivity contribution is 5.83. The molecule has 0 unspecified atom stereocenters. The standard InChI is InChI=1S/C23H23N5O2/c1-3-29-20-10-8-18(15-21(20)30-4-2)27-23-25-13-11-22(28-23)26-17-7-9-19-16(14-17)6-5-12-24-19/h5-15H,3-4H2,1-2H3,(H2,25,26,27,28). The first-order valence-electron chi connectivity index (χ1n) is 9.86. The zero-order valence-electron chi connectivity index (χ0n) is 16.9. The number of ether oxygens (including phenoxy) is 2. The van der Waals surface area contributed by atoms with Crippen LogP contribution < -0.4 is 20.1 Å². The van der Waals surface area contributed by atoms with Gasteiger partial charge in [-0.05, 0) is 56.3 Å². The zero-order chi connectivity index (χ0) is 20.8. The van der Waals surface area contributed by atoms with Gasteiger partial charge in [-0.25, -0.2) is 4.98 Å². The van der Waals surface area contributed by atoms with Gasteiger partial charge < -0.3 is 20.1 Å². The summed E-state index contributed by atoms with van der Waals surface area (Å²) >= 11 is 0. The van der Waals surface area contributed by atoms with Gasteiger partial charge in [-0.15, -0.1) is 0 Å². The highest BCUT2D eigenvalue weighted by Gasteiger charge is 2.08. The molecule has 2 heterocycles. The van der Waals surface area contributed by atoms with Crippen molar-refractivity contribution >= 4 is 34.0 Å². The molecule has 2 aromatic carbocycles. The van der Waals surface area contributed by atoms with E-state index in [0.717, 1.165) is 22.3 Å². The zero-order valence-corrected chi connectivity index (χ0v) is 16.9. The second kappa shape index (κ2) is 9.09. The smallest absolute Gasteiger partial charge is 0.229 e. The van der Waals surface area contributed by atoms with Crippen molar-refractivity contribution in [2.45, 2.75) is 13.8 Å². The Morgan fingerprint density at radius 3 is 2.43 bits per heavy atom. The van der Waals surface area contributed by atoms with Crippen molar-refractivity contribution in [1.29, 1.82) is 0 Å². The molecule has 7 nitrogen and oxygen atoms in total. The van der Waals surface area contributed by atoms with E-state index in [1.807, 2.05) is 68.4 Å². The van der Waals surface area contributed by atoms with Crippen LogP contribution in [0.15, 0.2) is 67.0 Å². The largest absolute Gasteiger partial charge is 0.490 e. The summed E-state index contributed by atoms with van der Waals surface area (Å²) in [6.45, 7) is 5.02. The van der Waals surface area contributed by atoms with E-state index >= 15 is 0 Å². The number of nitrogens with zero attached hydrogens (tertiary/aromatic N) is 3. The predicted octanol–water partition coefficient (Wildman–Crippen LogP) is 5.31. The van der Waals surface area contributed by atoms with Crippen molar-refractivity contribution in [3.05, 3.63) is 67.0 Å². The van der Waals surface area contributed by atoms with Crippen LogP contribution in [0.3, 0.4) is 0 Å². The molecule has 2 aromatic heterocycles. The van der Waals surface area contributed by atoms with E-state index in [-0.39, 0.29) is 0 Å². The summed E-state index contributed by atoms with van der Waals surface area (Å²) in [7, 11) is 0. The van der Waals surface area contributed by atoms with Crippen LogP contribution in [0.4, 0.5) is 23.1 Å². The minimum Gasteiger partial charge on any atom is -0.490 e. The lowest BCUT2D eigenvalue weighted by Gasteiger charge is -2.13. The highest BCUT2D eigenvalue weighted by atomic mass is 16.5. The number of rotatable bonds is 8. The van der Waals surface area contributed by atoms with Gasteiger partial charge in [0.2, 0.25) is 5.95 Å². The third kappa shape index (κ3) is 4.57. The molecule has 0 radical (unpaired) electrons. The number of anilines is 4. The average Bonchev–Trinajstić information content (AvgIpc) is 2.76. The van der Waals surface area contributed by atoms with Gasteiger partial charge in [0.1, 0.15) is 5.82 Å². The molecule has 0 amide bonds. The first-order valence-corrected chi connectivity index (χ1v) is 9.86. The first-order chi connectivity index (χ1) is 14.7. The Bertz CT molecular complexity index is 1150. The molecule has 0 saturated heterocycles. The molecule has 0 bridgehead atoms. The molecule has 0 aliphatic heterocycles. The molecule has 30 heavy (non-hydrogen) atoms. The molecule has 152 valence electrons. The summed E-state index contributed by atoms with van der Waals surface area (Å²) in [5.41, 5.74) is 2.70. The first kappa shape index (κ1) is 19.4. The van der Waals surface area contributed by atoms with Crippen molar-refractivity contribution in [3.63, 3.8) is 0 Å². The second-order valence-electron chi connectivity index (χ2n) is 6.45. The maximum Gasteiger partial charge on any atom is 0.229 e. The molecule has 0 fully saturated rings. The molecule has 0 spiro atoms. The van der Waals surface area contributed by atoms with Gasteiger partial charge in [0.05, 0.1) is 18.7 Å². The van der Waals surface area contributed by atoms with Crippen LogP contribution in [0.25, 0.3) is 10.9 Å². The van der Waals surface area contributed by atoms with E-state index in [4.69, 9.17) is 9.47 Å². The number of benzene rings is 2. The summed E-state index contributed by atoms with van der Waals surface area (Å²) in [6, 6.07) is 17.4. The Hall–Kier alpha value is -3.87. The molecular weight excluding hydrogens is 378 g/mol. The Morgan fingerprint density at radius 2 is 1.57 bits per heavy atom. The minimum absolute atomic E-state index is 0.481. The van der Waals surface area contributed by atoms with E-state index in [2.05, 4.69) is 25.6 Å². The third-order valence-corrected chi connectivity index (χ3v) is 4.33. The fourth-order valence-electron chi connectivity index (χ4n) is 3.05. The van der Waals surface area contributed by atoms with Crippen molar-refractivity contribution in [2.75, 3.05) is 23.8 Å². The third-order valence-electron chi connectivity index (χ3n) is 4.33. The van der Waals surface area contributed by atoms with E-state index in [1.54, 1.807) is 12.4 Å². The van der Waals surface area contributed by atoms with Crippen LogP contribution >= 0.6 is 0 Å². The van der Waals surface area contributed by atoms with Gasteiger partial charge in [-0.1, -0.05) is 6.07 Å². The maximum absolute atomic E-state index is 5.68. The fraction of sp³-hybridized carbons (Fsp3) is 0.174. The molecule has 7 heteroatoms. The number of pyridine rings is 1. The van der Waals surface area contributed by atoms with Gasteiger partial charge in [0.15, 0.2) is 11.5 Å². The van der Waals surface area contributed by atoms with Crippen molar-refractivity contribution < 1.29 is 9.47 Å². The van der Waals surface area contributed by atoms with Gasteiger partial charge >= 0.3 is 0 Å². The predicted molar refractivity (Wildman–Crippen MR) is 119 cm³/mol. The Labute approximate surface area is 175 Å². The molecule has 0 aliphatic carbocycles. The topological polar surface area (TPSA) is 81.2 Å². The molecule has 0 aliphatic rings. The summed E-state index contributed by atoms with van der Waals surface area (Å²) in [5.74, 6) is 2.57. The second-order valence-corrected chi connectivity index (χ2v) is 6.45. The summed E-state index contributed by atoms with van der Waals surface area (Å²) in [6.07, 6.45) is 3.49. The Balaban J connectivity index is 1.52. The average molecular weight is 401 g/mol. The van der Waals surface area contributed by atoms with Gasteiger partial charge in [0, 0.05) is 35.2 Å². The Morgan fingerprint density at radius 1 is 0.767 bits per heavy atom. The summed E-state index contributed by atoms with van der Waals surface area (Å²) in [4.78, 5) is 13.2. The SMILES string of the molecule is CCOc1ccc(Nc2nccc(Nc3ccc4ncccc4c3)n2)cc1OCC. The molecular formula is C23H23N5O2. The molecule has 2 N–H and O–H groups in total. The summed E-state index contributed by atoms with van der Waals surface area (Å²) < 4.78 is 11.3. The number of aromatic nitrogens is 3. The van der Waals surface area contributed by atoms with Gasteiger partial charge in [0.25, 0.3) is 0 Å². The molecule has 4 aromatic rings. The van der Waals surface area contributed by atoms with Gasteiger partial charge in [-0.3, -0.25) is 4.98 Å². The van der Waals surface area contributed by atoms with Crippen molar-refractivity contribution in [1.82, 2.24) is 15.0 Å². The van der Waals surface area contributed by atoms with E-state index in [1.165, 1.54) is 0 Å². The fourth-order valence-corrected chi connectivity index (χ4v) is 3.05. The monoisotopic (exact) mass is 401 g/mol. The number of hydrogen-bond donors (Lipinski definition) is 2. The lowest BCUT2D eigenvalue weighted by molar-refractivity contribution is 0.288. The Kier molecular flexibility index (Phi) is 5.89. The van der Waals surface area contributed by atoms with Crippen LogP contribution in [0.1, 0.15) is 13.8 Å². The van der Waals surface area contributed by atoms with Crippen LogP contribution in [-0.2, 0) is 0 Å². The highest BCUT2D eigenvalue weighted by Crippen LogP contribution is 2.31. The quantitative estimate of drug-likeness (QED) is 0.414. The van der Waals surface area contributed by atoms with E-state index in [0.29, 0.717) is 36.5 Å². The van der Waals surface area contributed by atoms with Crippen molar-refractivity contribution in [3.8, 4) is 11.5 Å². The van der Waals surface area contributed by atoms with Crippen LogP contribution in [0.5, 0.6) is 11.5 Å². The van der Waals surface area contributed by atoms with E-state index < -0.39 is 0 Å². The normalized spacial score (nSPS) is 10.6. The molecule has 4 rings (SSSR count).